The number of aryl methyl sites for hydroxylation is 3. The first-order valence-corrected chi connectivity index (χ1v) is 9.65. The number of rotatable bonds is 9. The number of nitrogens with one attached hydrogen (secondary N) is 1. The van der Waals surface area contributed by atoms with Crippen LogP contribution in [0.5, 0.6) is 11.5 Å². The Bertz CT molecular complexity index is 751. The molecule has 0 atom stereocenters. The first kappa shape index (κ1) is 21.1. The van der Waals surface area contributed by atoms with Crippen LogP contribution in [0, 0.1) is 13.8 Å². The van der Waals surface area contributed by atoms with E-state index in [1.54, 1.807) is 0 Å². The van der Waals surface area contributed by atoms with Crippen molar-refractivity contribution in [3.05, 3.63) is 58.1 Å². The van der Waals surface area contributed by atoms with Gasteiger partial charge in [-0.1, -0.05) is 23.7 Å². The van der Waals surface area contributed by atoms with Gasteiger partial charge in [-0.3, -0.25) is 4.79 Å². The van der Waals surface area contributed by atoms with Crippen molar-refractivity contribution in [2.45, 2.75) is 46.6 Å². The predicted molar refractivity (Wildman–Crippen MR) is 110 cm³/mol. The van der Waals surface area contributed by atoms with E-state index in [1.165, 1.54) is 5.56 Å². The molecule has 0 saturated heterocycles. The third-order valence-electron chi connectivity index (χ3n) is 4.01. The molecule has 0 saturated carbocycles. The van der Waals surface area contributed by atoms with Crippen LogP contribution in [0.4, 0.5) is 0 Å². The van der Waals surface area contributed by atoms with Crippen molar-refractivity contribution in [1.82, 2.24) is 5.32 Å². The van der Waals surface area contributed by atoms with Crippen LogP contribution >= 0.6 is 11.6 Å². The van der Waals surface area contributed by atoms with Crippen molar-refractivity contribution in [1.29, 1.82) is 0 Å². The lowest BCUT2D eigenvalue weighted by molar-refractivity contribution is -0.123. The highest BCUT2D eigenvalue weighted by molar-refractivity contribution is 6.32. The molecular weight excluding hydrogens is 362 g/mol. The zero-order chi connectivity index (χ0) is 19.8. The van der Waals surface area contributed by atoms with Crippen molar-refractivity contribution in [3.8, 4) is 11.5 Å². The number of ether oxygens (including phenoxy) is 2. The molecule has 0 aliphatic rings. The largest absolute Gasteiger partial charge is 0.491 e. The number of carbonyl (C=O) groups excluding carboxylic acids is 1. The van der Waals surface area contributed by atoms with Crippen LogP contribution in [-0.4, -0.2) is 25.2 Å². The Morgan fingerprint density at radius 2 is 1.81 bits per heavy atom. The molecule has 0 heterocycles. The van der Waals surface area contributed by atoms with E-state index in [4.69, 9.17) is 21.1 Å². The summed E-state index contributed by atoms with van der Waals surface area (Å²) in [4.78, 5) is 12.0. The van der Waals surface area contributed by atoms with Gasteiger partial charge in [0.25, 0.3) is 5.91 Å². The van der Waals surface area contributed by atoms with Crippen LogP contribution < -0.4 is 14.8 Å². The summed E-state index contributed by atoms with van der Waals surface area (Å²) in [6.07, 6.45) is 1.90. The molecule has 0 aliphatic carbocycles. The van der Waals surface area contributed by atoms with Gasteiger partial charge in [-0.25, -0.2) is 0 Å². The van der Waals surface area contributed by atoms with E-state index >= 15 is 0 Å². The number of benzene rings is 2. The van der Waals surface area contributed by atoms with E-state index in [9.17, 15) is 4.79 Å². The molecule has 0 spiro atoms. The van der Waals surface area contributed by atoms with Crippen LogP contribution in [0.15, 0.2) is 36.4 Å². The second-order valence-electron chi connectivity index (χ2n) is 6.93. The minimum atomic E-state index is -0.128. The Balaban J connectivity index is 1.70. The van der Waals surface area contributed by atoms with E-state index in [0.29, 0.717) is 12.3 Å². The zero-order valence-electron chi connectivity index (χ0n) is 16.5. The molecule has 0 aliphatic heterocycles. The first-order valence-electron chi connectivity index (χ1n) is 9.27. The third kappa shape index (κ3) is 7.14. The standard InChI is InChI=1S/C22H28ClNO3/c1-15(2)27-19-9-5-7-18(13-19)8-6-10-24-21(25)14-26-20-11-16(3)22(23)17(4)12-20/h5,7,9,11-13,15H,6,8,10,14H2,1-4H3,(H,24,25). The molecule has 0 radical (unpaired) electrons. The van der Waals surface area contributed by atoms with Gasteiger partial charge in [0, 0.05) is 11.6 Å². The minimum Gasteiger partial charge on any atom is -0.491 e. The minimum absolute atomic E-state index is 0.00176. The summed E-state index contributed by atoms with van der Waals surface area (Å²) in [7, 11) is 0. The molecule has 2 aromatic rings. The maximum atomic E-state index is 12.0. The van der Waals surface area contributed by atoms with Crippen molar-refractivity contribution in [2.75, 3.05) is 13.2 Å². The molecule has 146 valence electrons. The highest BCUT2D eigenvalue weighted by Crippen LogP contribution is 2.25. The van der Waals surface area contributed by atoms with Gasteiger partial charge in [-0.05, 0) is 81.5 Å². The second-order valence-corrected chi connectivity index (χ2v) is 7.31. The average molecular weight is 390 g/mol. The van der Waals surface area contributed by atoms with E-state index in [2.05, 4.69) is 17.4 Å². The Kier molecular flexibility index (Phi) is 7.99. The molecule has 2 rings (SSSR count). The molecule has 1 N–H and O–H groups in total. The van der Waals surface area contributed by atoms with Gasteiger partial charge < -0.3 is 14.8 Å². The van der Waals surface area contributed by atoms with Crippen LogP contribution in [-0.2, 0) is 11.2 Å². The Morgan fingerprint density at radius 3 is 2.48 bits per heavy atom. The Labute approximate surface area is 166 Å². The first-order chi connectivity index (χ1) is 12.8. The molecule has 5 heteroatoms. The van der Waals surface area contributed by atoms with Crippen molar-refractivity contribution in [2.24, 2.45) is 0 Å². The summed E-state index contributed by atoms with van der Waals surface area (Å²) >= 11 is 6.14. The molecule has 27 heavy (non-hydrogen) atoms. The lowest BCUT2D eigenvalue weighted by Crippen LogP contribution is -2.29. The summed E-state index contributed by atoms with van der Waals surface area (Å²) in [5.41, 5.74) is 3.08. The SMILES string of the molecule is Cc1cc(OCC(=O)NCCCc2cccc(OC(C)C)c2)cc(C)c1Cl. The molecule has 2 aromatic carbocycles. The molecule has 0 aromatic heterocycles. The van der Waals surface area contributed by atoms with Gasteiger partial charge in [0.05, 0.1) is 6.10 Å². The van der Waals surface area contributed by atoms with Crippen molar-refractivity contribution in [3.63, 3.8) is 0 Å². The summed E-state index contributed by atoms with van der Waals surface area (Å²) in [5.74, 6) is 1.41. The second kappa shape index (κ2) is 10.2. The number of amides is 1. The van der Waals surface area contributed by atoms with Gasteiger partial charge in [0.2, 0.25) is 0 Å². The maximum absolute atomic E-state index is 12.0. The third-order valence-corrected chi connectivity index (χ3v) is 4.61. The van der Waals surface area contributed by atoms with Gasteiger partial charge in [0.1, 0.15) is 11.5 Å². The lowest BCUT2D eigenvalue weighted by atomic mass is 10.1. The van der Waals surface area contributed by atoms with Crippen LogP contribution in [0.25, 0.3) is 0 Å². The molecule has 4 nitrogen and oxygen atoms in total. The van der Waals surface area contributed by atoms with Gasteiger partial charge in [0.15, 0.2) is 6.61 Å². The number of hydrogen-bond donors (Lipinski definition) is 1. The topological polar surface area (TPSA) is 47.6 Å². The fourth-order valence-electron chi connectivity index (χ4n) is 2.76. The van der Waals surface area contributed by atoms with Gasteiger partial charge >= 0.3 is 0 Å². The fourth-order valence-corrected chi connectivity index (χ4v) is 2.87. The molecule has 0 fully saturated rings. The average Bonchev–Trinajstić information content (AvgIpc) is 2.61. The van der Waals surface area contributed by atoms with E-state index in [-0.39, 0.29) is 18.6 Å². The molecule has 1 amide bonds. The summed E-state index contributed by atoms with van der Waals surface area (Å²) in [5, 5.41) is 3.62. The number of halogens is 1. The lowest BCUT2D eigenvalue weighted by Gasteiger charge is -2.11. The fraction of sp³-hybridized carbons (Fsp3) is 0.409. The smallest absolute Gasteiger partial charge is 0.257 e. The van der Waals surface area contributed by atoms with E-state index in [0.717, 1.165) is 34.7 Å². The van der Waals surface area contributed by atoms with E-state index in [1.807, 2.05) is 52.0 Å². The van der Waals surface area contributed by atoms with Crippen molar-refractivity contribution < 1.29 is 14.3 Å². The summed E-state index contributed by atoms with van der Waals surface area (Å²) < 4.78 is 11.3. The zero-order valence-corrected chi connectivity index (χ0v) is 17.2. The molecule has 0 bridgehead atoms. The highest BCUT2D eigenvalue weighted by atomic mass is 35.5. The monoisotopic (exact) mass is 389 g/mol. The highest BCUT2D eigenvalue weighted by Gasteiger charge is 2.06. The predicted octanol–water partition coefficient (Wildman–Crippen LogP) is 4.87. The Hall–Kier alpha value is -2.20. The van der Waals surface area contributed by atoms with Crippen LogP contribution in [0.1, 0.15) is 37.0 Å². The quantitative estimate of drug-likeness (QED) is 0.622. The maximum Gasteiger partial charge on any atom is 0.257 e. The number of hydrogen-bond acceptors (Lipinski definition) is 3. The van der Waals surface area contributed by atoms with Gasteiger partial charge in [-0.15, -0.1) is 0 Å². The molecule has 0 unspecified atom stereocenters. The normalized spacial score (nSPS) is 10.7. The van der Waals surface area contributed by atoms with E-state index < -0.39 is 0 Å². The number of carbonyl (C=O) groups is 1. The van der Waals surface area contributed by atoms with Crippen LogP contribution in [0.2, 0.25) is 5.02 Å². The summed E-state index contributed by atoms with van der Waals surface area (Å²) in [6, 6.07) is 11.8. The van der Waals surface area contributed by atoms with Gasteiger partial charge in [-0.2, -0.15) is 0 Å². The Morgan fingerprint density at radius 1 is 1.11 bits per heavy atom. The molecular formula is C22H28ClNO3. The van der Waals surface area contributed by atoms with Crippen molar-refractivity contribution >= 4 is 17.5 Å². The van der Waals surface area contributed by atoms with Crippen LogP contribution in [0.3, 0.4) is 0 Å². The summed E-state index contributed by atoms with van der Waals surface area (Å²) in [6.45, 7) is 8.47.